The number of carbonyl (C=O) groups is 1. The Morgan fingerprint density at radius 3 is 2.76 bits per heavy atom. The summed E-state index contributed by atoms with van der Waals surface area (Å²) in [6.07, 6.45) is -0.134. The summed E-state index contributed by atoms with van der Waals surface area (Å²) >= 11 is 3.39. The van der Waals surface area contributed by atoms with Gasteiger partial charge in [0.1, 0.15) is 5.69 Å². The molecule has 0 fully saturated rings. The molecular weight excluding hydrogens is 282 g/mol. The molecule has 17 heavy (non-hydrogen) atoms. The Morgan fingerprint density at radius 2 is 2.06 bits per heavy atom. The molecule has 0 aliphatic rings. The fraction of sp³-hybridized carbons (Fsp3) is 0.231. The van der Waals surface area contributed by atoms with Crippen LogP contribution in [0.4, 0.5) is 0 Å². The van der Waals surface area contributed by atoms with E-state index in [2.05, 4.69) is 20.9 Å². The van der Waals surface area contributed by atoms with Crippen molar-refractivity contribution in [3.8, 4) is 0 Å². The third-order valence-electron chi connectivity index (χ3n) is 2.20. The Kier molecular flexibility index (Phi) is 3.43. The van der Waals surface area contributed by atoms with E-state index in [9.17, 15) is 4.79 Å². The van der Waals surface area contributed by atoms with Crippen LogP contribution in [0.1, 0.15) is 24.3 Å². The highest BCUT2D eigenvalue weighted by Crippen LogP contribution is 2.18. The monoisotopic (exact) mass is 293 g/mol. The molecular formula is C13H12BrNO2. The van der Waals surface area contributed by atoms with E-state index in [0.717, 1.165) is 15.4 Å². The Balaban J connectivity index is 2.38. The first-order chi connectivity index (χ1) is 8.06. The standard InChI is InChI=1S/C13H12BrNO2/c1-8(2)17-13(16)12-5-3-9-7-10(14)4-6-11(9)15-12/h3-8H,1-2H3. The molecule has 1 heterocycles. The highest BCUT2D eigenvalue weighted by molar-refractivity contribution is 9.10. The molecule has 1 aromatic heterocycles. The minimum absolute atomic E-state index is 0.134. The molecule has 0 unspecified atom stereocenters. The van der Waals surface area contributed by atoms with Crippen molar-refractivity contribution in [1.29, 1.82) is 0 Å². The summed E-state index contributed by atoms with van der Waals surface area (Å²) in [5, 5.41) is 0.987. The van der Waals surface area contributed by atoms with E-state index in [0.29, 0.717) is 5.69 Å². The van der Waals surface area contributed by atoms with E-state index in [1.54, 1.807) is 6.07 Å². The molecule has 0 amide bonds. The fourth-order valence-corrected chi connectivity index (χ4v) is 1.86. The van der Waals surface area contributed by atoms with Gasteiger partial charge in [-0.15, -0.1) is 0 Å². The highest BCUT2D eigenvalue weighted by Gasteiger charge is 2.11. The van der Waals surface area contributed by atoms with Crippen molar-refractivity contribution in [2.24, 2.45) is 0 Å². The van der Waals surface area contributed by atoms with E-state index in [1.807, 2.05) is 38.1 Å². The van der Waals surface area contributed by atoms with Gasteiger partial charge < -0.3 is 4.74 Å². The number of aromatic nitrogens is 1. The number of hydrogen-bond donors (Lipinski definition) is 0. The van der Waals surface area contributed by atoms with Crippen LogP contribution in [-0.2, 0) is 4.74 Å². The second kappa shape index (κ2) is 4.84. The van der Waals surface area contributed by atoms with Crippen molar-refractivity contribution in [3.63, 3.8) is 0 Å². The SMILES string of the molecule is CC(C)OC(=O)c1ccc2cc(Br)ccc2n1. The molecule has 1 aromatic carbocycles. The molecule has 0 bridgehead atoms. The molecule has 0 saturated carbocycles. The van der Waals surface area contributed by atoms with Crippen molar-refractivity contribution in [2.75, 3.05) is 0 Å². The first kappa shape index (κ1) is 12.0. The van der Waals surface area contributed by atoms with Gasteiger partial charge in [-0.05, 0) is 38.1 Å². The Morgan fingerprint density at radius 1 is 1.29 bits per heavy atom. The van der Waals surface area contributed by atoms with Gasteiger partial charge in [0.25, 0.3) is 0 Å². The zero-order chi connectivity index (χ0) is 12.4. The lowest BCUT2D eigenvalue weighted by Crippen LogP contribution is -2.12. The molecule has 0 radical (unpaired) electrons. The summed E-state index contributed by atoms with van der Waals surface area (Å²) in [4.78, 5) is 15.9. The summed E-state index contributed by atoms with van der Waals surface area (Å²) in [6.45, 7) is 3.63. The predicted molar refractivity (Wildman–Crippen MR) is 70.0 cm³/mol. The van der Waals surface area contributed by atoms with E-state index >= 15 is 0 Å². The number of nitrogens with zero attached hydrogens (tertiary/aromatic N) is 1. The molecule has 0 saturated heterocycles. The van der Waals surface area contributed by atoms with Gasteiger partial charge in [0.05, 0.1) is 11.6 Å². The highest BCUT2D eigenvalue weighted by atomic mass is 79.9. The molecule has 0 atom stereocenters. The van der Waals surface area contributed by atoms with E-state index in [1.165, 1.54) is 0 Å². The van der Waals surface area contributed by atoms with Crippen LogP contribution >= 0.6 is 15.9 Å². The van der Waals surface area contributed by atoms with Crippen LogP contribution in [0, 0.1) is 0 Å². The number of carbonyl (C=O) groups excluding carboxylic acids is 1. The van der Waals surface area contributed by atoms with Crippen molar-refractivity contribution in [2.45, 2.75) is 20.0 Å². The molecule has 0 N–H and O–H groups in total. The van der Waals surface area contributed by atoms with Crippen LogP contribution in [0.3, 0.4) is 0 Å². The number of benzene rings is 1. The first-order valence-electron chi connectivity index (χ1n) is 5.33. The lowest BCUT2D eigenvalue weighted by atomic mass is 10.2. The average Bonchev–Trinajstić information content (AvgIpc) is 2.27. The number of fused-ring (bicyclic) bond motifs is 1. The van der Waals surface area contributed by atoms with Gasteiger partial charge >= 0.3 is 5.97 Å². The molecule has 0 aliphatic carbocycles. The van der Waals surface area contributed by atoms with Gasteiger partial charge in [0.15, 0.2) is 0 Å². The average molecular weight is 294 g/mol. The summed E-state index contributed by atoms with van der Waals surface area (Å²) < 4.78 is 6.09. The molecule has 3 nitrogen and oxygen atoms in total. The zero-order valence-electron chi connectivity index (χ0n) is 9.61. The molecule has 88 valence electrons. The summed E-state index contributed by atoms with van der Waals surface area (Å²) in [5.74, 6) is -0.384. The number of halogens is 1. The van der Waals surface area contributed by atoms with Crippen molar-refractivity contribution in [3.05, 3.63) is 40.5 Å². The second-order valence-electron chi connectivity index (χ2n) is 3.99. The maximum absolute atomic E-state index is 11.7. The van der Waals surface area contributed by atoms with Gasteiger partial charge in [0, 0.05) is 9.86 Å². The van der Waals surface area contributed by atoms with Gasteiger partial charge in [-0.25, -0.2) is 9.78 Å². The normalized spacial score (nSPS) is 10.8. The second-order valence-corrected chi connectivity index (χ2v) is 4.90. The van der Waals surface area contributed by atoms with Crippen LogP contribution in [0.5, 0.6) is 0 Å². The van der Waals surface area contributed by atoms with Crippen molar-refractivity contribution < 1.29 is 9.53 Å². The van der Waals surface area contributed by atoms with E-state index in [-0.39, 0.29) is 12.1 Å². The van der Waals surface area contributed by atoms with E-state index < -0.39 is 0 Å². The minimum Gasteiger partial charge on any atom is -0.458 e. The van der Waals surface area contributed by atoms with Crippen molar-refractivity contribution in [1.82, 2.24) is 4.98 Å². The molecule has 0 aliphatic heterocycles. The largest absolute Gasteiger partial charge is 0.458 e. The van der Waals surface area contributed by atoms with Crippen LogP contribution in [0.2, 0.25) is 0 Å². The van der Waals surface area contributed by atoms with Gasteiger partial charge in [-0.2, -0.15) is 0 Å². The maximum Gasteiger partial charge on any atom is 0.357 e. The molecule has 4 heteroatoms. The third kappa shape index (κ3) is 2.82. The van der Waals surface area contributed by atoms with Crippen LogP contribution in [0.25, 0.3) is 10.9 Å². The summed E-state index contributed by atoms with van der Waals surface area (Å²) in [7, 11) is 0. The zero-order valence-corrected chi connectivity index (χ0v) is 11.2. The fourth-order valence-electron chi connectivity index (χ4n) is 1.48. The number of ether oxygens (including phenoxy) is 1. The van der Waals surface area contributed by atoms with Crippen LogP contribution in [-0.4, -0.2) is 17.1 Å². The van der Waals surface area contributed by atoms with Gasteiger partial charge in [0.2, 0.25) is 0 Å². The lowest BCUT2D eigenvalue weighted by molar-refractivity contribution is 0.0371. The lowest BCUT2D eigenvalue weighted by Gasteiger charge is -2.07. The van der Waals surface area contributed by atoms with Gasteiger partial charge in [-0.1, -0.05) is 22.0 Å². The third-order valence-corrected chi connectivity index (χ3v) is 2.70. The first-order valence-corrected chi connectivity index (χ1v) is 6.13. The number of esters is 1. The quantitative estimate of drug-likeness (QED) is 0.795. The smallest absolute Gasteiger partial charge is 0.357 e. The summed E-state index contributed by atoms with van der Waals surface area (Å²) in [6, 6.07) is 9.27. The minimum atomic E-state index is -0.384. The van der Waals surface area contributed by atoms with Crippen molar-refractivity contribution >= 4 is 32.8 Å². The Labute approximate surface area is 108 Å². The topological polar surface area (TPSA) is 39.2 Å². The molecule has 2 rings (SSSR count). The summed E-state index contributed by atoms with van der Waals surface area (Å²) in [5.41, 5.74) is 1.12. The van der Waals surface area contributed by atoms with Crippen LogP contribution < -0.4 is 0 Å². The molecule has 0 spiro atoms. The van der Waals surface area contributed by atoms with Crippen LogP contribution in [0.15, 0.2) is 34.8 Å². The maximum atomic E-state index is 11.7. The molecule has 2 aromatic rings. The number of rotatable bonds is 2. The Bertz CT molecular complexity index is 566. The predicted octanol–water partition coefficient (Wildman–Crippen LogP) is 3.56. The number of pyridine rings is 1. The van der Waals surface area contributed by atoms with E-state index in [4.69, 9.17) is 4.74 Å². The van der Waals surface area contributed by atoms with Gasteiger partial charge in [-0.3, -0.25) is 0 Å². The Hall–Kier alpha value is -1.42. The number of hydrogen-bond acceptors (Lipinski definition) is 3.